The van der Waals surface area contributed by atoms with Crippen LogP contribution in [0.1, 0.15) is 10.4 Å². The molecule has 1 aliphatic heterocycles. The minimum absolute atomic E-state index is 0.0898. The maximum Gasteiger partial charge on any atom is 0.260 e. The first-order chi connectivity index (χ1) is 10.1. The third-order valence-corrected chi connectivity index (χ3v) is 3.79. The van der Waals surface area contributed by atoms with Gasteiger partial charge in [0.15, 0.2) is 0 Å². The number of anilines is 4. The van der Waals surface area contributed by atoms with E-state index in [0.29, 0.717) is 23.5 Å². The number of carbonyl (C=O) groups excluding carboxylic acids is 1. The summed E-state index contributed by atoms with van der Waals surface area (Å²) in [4.78, 5) is 16.7. The Bertz CT molecular complexity index is 698. The molecule has 0 atom stereocenters. The van der Waals surface area contributed by atoms with E-state index in [1.54, 1.807) is 23.1 Å². The van der Waals surface area contributed by atoms with Crippen molar-refractivity contribution in [2.75, 3.05) is 41.4 Å². The number of amides is 1. The molecule has 1 amide bonds. The fourth-order valence-corrected chi connectivity index (χ4v) is 2.64. The largest absolute Gasteiger partial charge is 0.399 e. The molecule has 0 spiro atoms. The van der Waals surface area contributed by atoms with Gasteiger partial charge in [-0.15, -0.1) is 0 Å². The lowest BCUT2D eigenvalue weighted by molar-refractivity contribution is 0.0987. The molecule has 3 rings (SSSR count). The maximum atomic E-state index is 12.8. The highest BCUT2D eigenvalue weighted by atomic mass is 16.2. The Labute approximate surface area is 123 Å². The number of hydrogen-bond acceptors (Lipinski definition) is 4. The van der Waals surface area contributed by atoms with Crippen molar-refractivity contribution >= 4 is 28.7 Å². The summed E-state index contributed by atoms with van der Waals surface area (Å²) in [6.07, 6.45) is 0. The number of para-hydroxylation sites is 2. The summed E-state index contributed by atoms with van der Waals surface area (Å²) in [5.74, 6) is -0.0898. The third-order valence-electron chi connectivity index (χ3n) is 3.79. The summed E-state index contributed by atoms with van der Waals surface area (Å²) < 4.78 is 0. The molecule has 0 saturated carbocycles. The van der Waals surface area contributed by atoms with E-state index in [-0.39, 0.29) is 5.91 Å². The molecule has 0 bridgehead atoms. The van der Waals surface area contributed by atoms with Gasteiger partial charge in [0.1, 0.15) is 0 Å². The number of rotatable bonds is 1. The molecule has 21 heavy (non-hydrogen) atoms. The molecule has 0 unspecified atom stereocenters. The Morgan fingerprint density at radius 2 is 1.76 bits per heavy atom. The minimum Gasteiger partial charge on any atom is -0.399 e. The van der Waals surface area contributed by atoms with Gasteiger partial charge < -0.3 is 21.3 Å². The van der Waals surface area contributed by atoms with Crippen molar-refractivity contribution in [1.82, 2.24) is 0 Å². The van der Waals surface area contributed by atoms with E-state index in [1.807, 2.05) is 31.3 Å². The summed E-state index contributed by atoms with van der Waals surface area (Å²) in [6, 6.07) is 12.9. The van der Waals surface area contributed by atoms with E-state index in [1.165, 1.54) is 0 Å². The maximum absolute atomic E-state index is 12.8. The highest BCUT2D eigenvalue weighted by Crippen LogP contribution is 2.33. The molecule has 2 aromatic rings. The van der Waals surface area contributed by atoms with Crippen molar-refractivity contribution in [1.29, 1.82) is 0 Å². The summed E-state index contributed by atoms with van der Waals surface area (Å²) >= 11 is 0. The summed E-state index contributed by atoms with van der Waals surface area (Å²) in [5, 5.41) is 0. The molecule has 0 fully saturated rings. The second-order valence-corrected chi connectivity index (χ2v) is 5.21. The highest BCUT2D eigenvalue weighted by Gasteiger charge is 2.26. The summed E-state index contributed by atoms with van der Waals surface area (Å²) in [7, 11) is 2.03. The van der Waals surface area contributed by atoms with Crippen LogP contribution in [0.3, 0.4) is 0 Å². The number of carbonyl (C=O) groups is 1. The van der Waals surface area contributed by atoms with Gasteiger partial charge in [0.2, 0.25) is 0 Å². The van der Waals surface area contributed by atoms with E-state index in [9.17, 15) is 4.79 Å². The van der Waals surface area contributed by atoms with Gasteiger partial charge >= 0.3 is 0 Å². The molecule has 5 nitrogen and oxygen atoms in total. The van der Waals surface area contributed by atoms with E-state index in [4.69, 9.17) is 11.5 Å². The van der Waals surface area contributed by atoms with Crippen LogP contribution in [0.15, 0.2) is 42.5 Å². The second kappa shape index (κ2) is 5.01. The van der Waals surface area contributed by atoms with Crippen LogP contribution in [0.4, 0.5) is 22.7 Å². The molecule has 1 aliphatic rings. The predicted octanol–water partition coefficient (Wildman–Crippen LogP) is 1.95. The number of nitrogen functional groups attached to an aromatic ring is 2. The van der Waals surface area contributed by atoms with E-state index in [0.717, 1.165) is 17.9 Å². The molecule has 4 N–H and O–H groups in total. The fraction of sp³-hybridized carbons (Fsp3) is 0.188. The number of fused-ring (bicyclic) bond motifs is 1. The molecule has 0 aromatic heterocycles. The zero-order valence-corrected chi connectivity index (χ0v) is 11.9. The van der Waals surface area contributed by atoms with Crippen LogP contribution in [-0.2, 0) is 0 Å². The topological polar surface area (TPSA) is 75.6 Å². The average molecular weight is 282 g/mol. The van der Waals surface area contributed by atoms with E-state index in [2.05, 4.69) is 4.90 Å². The normalized spacial score (nSPS) is 14.0. The number of likely N-dealkylation sites (N-methyl/N-ethyl adjacent to an activating group) is 1. The van der Waals surface area contributed by atoms with Gasteiger partial charge in [-0.3, -0.25) is 4.79 Å². The number of nitrogens with zero attached hydrogens (tertiary/aromatic N) is 2. The van der Waals surface area contributed by atoms with Gasteiger partial charge in [-0.05, 0) is 30.3 Å². The highest BCUT2D eigenvalue weighted by molar-refractivity contribution is 6.11. The van der Waals surface area contributed by atoms with Gasteiger partial charge in [-0.25, -0.2) is 0 Å². The summed E-state index contributed by atoms with van der Waals surface area (Å²) in [5.41, 5.74) is 15.0. The number of benzene rings is 2. The monoisotopic (exact) mass is 282 g/mol. The molecule has 5 heteroatoms. The zero-order valence-electron chi connectivity index (χ0n) is 11.9. The first kappa shape index (κ1) is 13.3. The van der Waals surface area contributed by atoms with Crippen molar-refractivity contribution in [2.24, 2.45) is 0 Å². The number of hydrogen-bond donors (Lipinski definition) is 2. The molecule has 0 radical (unpaired) electrons. The Kier molecular flexibility index (Phi) is 3.17. The lowest BCUT2D eigenvalue weighted by Gasteiger charge is -2.35. The molecule has 2 aromatic carbocycles. The van der Waals surface area contributed by atoms with Crippen LogP contribution in [0.25, 0.3) is 0 Å². The molecular weight excluding hydrogens is 264 g/mol. The average Bonchev–Trinajstić information content (AvgIpc) is 2.47. The quantitative estimate of drug-likeness (QED) is 0.784. The Morgan fingerprint density at radius 3 is 2.48 bits per heavy atom. The van der Waals surface area contributed by atoms with E-state index >= 15 is 0 Å². The molecular formula is C16H18N4O. The van der Waals surface area contributed by atoms with Crippen molar-refractivity contribution in [3.63, 3.8) is 0 Å². The van der Waals surface area contributed by atoms with Crippen LogP contribution < -0.4 is 21.3 Å². The van der Waals surface area contributed by atoms with Crippen molar-refractivity contribution in [3.8, 4) is 0 Å². The first-order valence-electron chi connectivity index (χ1n) is 6.85. The Balaban J connectivity index is 2.01. The SMILES string of the molecule is CN1CCN(C(=O)c2ccc(N)cc2N)c2ccccc21. The summed E-state index contributed by atoms with van der Waals surface area (Å²) in [6.45, 7) is 1.42. The second-order valence-electron chi connectivity index (χ2n) is 5.21. The Hall–Kier alpha value is -2.69. The van der Waals surface area contributed by atoms with Crippen LogP contribution in [0.2, 0.25) is 0 Å². The molecule has 0 saturated heterocycles. The fourth-order valence-electron chi connectivity index (χ4n) is 2.64. The van der Waals surface area contributed by atoms with Crippen LogP contribution in [0.5, 0.6) is 0 Å². The first-order valence-corrected chi connectivity index (χ1v) is 6.85. The van der Waals surface area contributed by atoms with Gasteiger partial charge in [0.05, 0.1) is 16.9 Å². The van der Waals surface area contributed by atoms with Gasteiger partial charge in [0, 0.05) is 31.5 Å². The molecule has 1 heterocycles. The van der Waals surface area contributed by atoms with Gasteiger partial charge in [-0.1, -0.05) is 12.1 Å². The van der Waals surface area contributed by atoms with Crippen molar-refractivity contribution in [2.45, 2.75) is 0 Å². The van der Waals surface area contributed by atoms with Gasteiger partial charge in [-0.2, -0.15) is 0 Å². The molecule has 108 valence electrons. The van der Waals surface area contributed by atoms with Crippen LogP contribution in [-0.4, -0.2) is 26.0 Å². The van der Waals surface area contributed by atoms with Crippen molar-refractivity contribution < 1.29 is 4.79 Å². The van der Waals surface area contributed by atoms with Crippen molar-refractivity contribution in [3.05, 3.63) is 48.0 Å². The number of nitrogens with two attached hydrogens (primary N) is 2. The predicted molar refractivity (Wildman–Crippen MR) is 86.7 cm³/mol. The van der Waals surface area contributed by atoms with Gasteiger partial charge in [0.25, 0.3) is 5.91 Å². The lowest BCUT2D eigenvalue weighted by Crippen LogP contribution is -2.42. The Morgan fingerprint density at radius 1 is 1.05 bits per heavy atom. The standard InChI is InChI=1S/C16H18N4O/c1-19-8-9-20(15-5-3-2-4-14(15)19)16(21)12-7-6-11(17)10-13(12)18/h2-7,10H,8-9,17-18H2,1H3. The van der Waals surface area contributed by atoms with Crippen LogP contribution in [0, 0.1) is 0 Å². The zero-order chi connectivity index (χ0) is 15.0. The third kappa shape index (κ3) is 2.27. The van der Waals surface area contributed by atoms with Crippen LogP contribution >= 0.6 is 0 Å². The minimum atomic E-state index is -0.0898. The smallest absolute Gasteiger partial charge is 0.260 e. The molecule has 0 aliphatic carbocycles. The lowest BCUT2D eigenvalue weighted by atomic mass is 10.1. The van der Waals surface area contributed by atoms with E-state index < -0.39 is 0 Å².